The smallest absolute Gasteiger partial charge is 0.259 e. The van der Waals surface area contributed by atoms with Crippen molar-refractivity contribution < 1.29 is 9.18 Å². The molecule has 0 bridgehead atoms. The molecule has 2 aromatic heterocycles. The predicted octanol–water partition coefficient (Wildman–Crippen LogP) is 3.90. The number of carbonyl (C=O) groups is 1. The summed E-state index contributed by atoms with van der Waals surface area (Å²) >= 11 is 2.75. The molecule has 0 atom stereocenters. The lowest BCUT2D eigenvalue weighted by atomic mass is 10.2. The second-order valence-corrected chi connectivity index (χ2v) is 7.41. The van der Waals surface area contributed by atoms with Gasteiger partial charge in [-0.3, -0.25) is 9.69 Å². The molecule has 0 unspecified atom stereocenters. The van der Waals surface area contributed by atoms with Crippen LogP contribution >= 0.6 is 22.7 Å². The van der Waals surface area contributed by atoms with Crippen LogP contribution in [0.4, 0.5) is 14.7 Å². The van der Waals surface area contributed by atoms with E-state index in [0.29, 0.717) is 21.4 Å². The van der Waals surface area contributed by atoms with Gasteiger partial charge in [0, 0.05) is 24.0 Å². The Hall–Kier alpha value is -2.39. The van der Waals surface area contributed by atoms with Crippen molar-refractivity contribution >= 4 is 38.8 Å². The number of halogens is 1. The highest BCUT2D eigenvalue weighted by atomic mass is 32.1. The number of aromatic nitrogens is 3. The quantitative estimate of drug-likeness (QED) is 0.730. The minimum atomic E-state index is -0.377. The van der Waals surface area contributed by atoms with E-state index < -0.39 is 0 Å². The summed E-state index contributed by atoms with van der Waals surface area (Å²) in [4.78, 5) is 18.4. The standard InChI is InChI=1S/C16H16FN5OS2/c1-9(2)18-15-21-20-13(25-15)12-8-24-16(19-12)22(3)14(23)10-4-6-11(17)7-5-10/h4-9H,1-3H3,(H,18,21). The zero-order chi connectivity index (χ0) is 18.0. The van der Waals surface area contributed by atoms with Gasteiger partial charge in [0.2, 0.25) is 5.13 Å². The van der Waals surface area contributed by atoms with Crippen LogP contribution in [0.5, 0.6) is 0 Å². The van der Waals surface area contributed by atoms with Crippen molar-refractivity contribution in [1.82, 2.24) is 15.2 Å². The number of hydrogen-bond acceptors (Lipinski definition) is 7. The summed E-state index contributed by atoms with van der Waals surface area (Å²) < 4.78 is 13.0. The maximum absolute atomic E-state index is 13.0. The number of anilines is 2. The van der Waals surface area contributed by atoms with Crippen LogP contribution in [-0.4, -0.2) is 34.2 Å². The average molecular weight is 377 g/mol. The van der Waals surface area contributed by atoms with Crippen LogP contribution in [0.15, 0.2) is 29.6 Å². The van der Waals surface area contributed by atoms with E-state index in [-0.39, 0.29) is 17.8 Å². The number of benzene rings is 1. The Kier molecular flexibility index (Phi) is 5.05. The third-order valence-electron chi connectivity index (χ3n) is 3.23. The number of amides is 1. The topological polar surface area (TPSA) is 71.0 Å². The van der Waals surface area contributed by atoms with Gasteiger partial charge in [-0.2, -0.15) is 0 Å². The van der Waals surface area contributed by atoms with Gasteiger partial charge in [0.25, 0.3) is 5.91 Å². The molecule has 1 N–H and O–H groups in total. The zero-order valence-corrected chi connectivity index (χ0v) is 15.5. The first-order valence-corrected chi connectivity index (χ1v) is 9.23. The van der Waals surface area contributed by atoms with E-state index in [0.717, 1.165) is 5.13 Å². The Labute approximate surface area is 152 Å². The van der Waals surface area contributed by atoms with Gasteiger partial charge in [-0.05, 0) is 38.1 Å². The summed E-state index contributed by atoms with van der Waals surface area (Å²) in [7, 11) is 1.64. The molecule has 0 aliphatic heterocycles. The number of rotatable bonds is 5. The summed E-state index contributed by atoms with van der Waals surface area (Å²) in [6, 6.07) is 5.71. The van der Waals surface area contributed by atoms with Gasteiger partial charge in [-0.1, -0.05) is 11.3 Å². The van der Waals surface area contributed by atoms with Gasteiger partial charge < -0.3 is 5.32 Å². The summed E-state index contributed by atoms with van der Waals surface area (Å²) in [6.07, 6.45) is 0. The predicted molar refractivity (Wildman–Crippen MR) is 98.9 cm³/mol. The van der Waals surface area contributed by atoms with Crippen LogP contribution in [0, 0.1) is 5.82 Å². The Morgan fingerprint density at radius 2 is 1.96 bits per heavy atom. The number of thiazole rings is 1. The molecule has 0 saturated carbocycles. The van der Waals surface area contributed by atoms with E-state index >= 15 is 0 Å². The molecule has 0 aliphatic carbocycles. The van der Waals surface area contributed by atoms with Crippen molar-refractivity contribution in [1.29, 1.82) is 0 Å². The first-order chi connectivity index (χ1) is 11.9. The molecule has 0 radical (unpaired) electrons. The van der Waals surface area contributed by atoms with Gasteiger partial charge in [-0.25, -0.2) is 9.37 Å². The molecule has 25 heavy (non-hydrogen) atoms. The summed E-state index contributed by atoms with van der Waals surface area (Å²) in [5.74, 6) is -0.627. The highest BCUT2D eigenvalue weighted by Crippen LogP contribution is 2.31. The van der Waals surface area contributed by atoms with Crippen LogP contribution in [-0.2, 0) is 0 Å². The molecule has 0 fully saturated rings. The monoisotopic (exact) mass is 377 g/mol. The van der Waals surface area contributed by atoms with Crippen LogP contribution < -0.4 is 10.2 Å². The fourth-order valence-corrected chi connectivity index (χ4v) is 3.72. The molecule has 6 nitrogen and oxygen atoms in total. The SMILES string of the molecule is CC(C)Nc1nnc(-c2csc(N(C)C(=O)c3ccc(F)cc3)n2)s1. The van der Waals surface area contributed by atoms with Crippen LogP contribution in [0.2, 0.25) is 0 Å². The van der Waals surface area contributed by atoms with Crippen LogP contribution in [0.25, 0.3) is 10.7 Å². The molecule has 2 heterocycles. The van der Waals surface area contributed by atoms with Gasteiger partial charge >= 0.3 is 0 Å². The van der Waals surface area contributed by atoms with E-state index in [1.165, 1.54) is 51.8 Å². The molecular formula is C16H16FN5OS2. The molecule has 0 spiro atoms. The van der Waals surface area contributed by atoms with E-state index in [1.807, 2.05) is 19.2 Å². The second-order valence-electron chi connectivity index (χ2n) is 5.60. The molecule has 0 saturated heterocycles. The molecule has 1 amide bonds. The number of hydrogen-bond donors (Lipinski definition) is 1. The molecule has 9 heteroatoms. The third kappa shape index (κ3) is 3.99. The summed E-state index contributed by atoms with van der Waals surface area (Å²) in [5.41, 5.74) is 1.08. The number of nitrogens with zero attached hydrogens (tertiary/aromatic N) is 4. The lowest BCUT2D eigenvalue weighted by molar-refractivity contribution is 0.0993. The van der Waals surface area contributed by atoms with Crippen LogP contribution in [0.1, 0.15) is 24.2 Å². The van der Waals surface area contributed by atoms with Gasteiger partial charge in [0.1, 0.15) is 11.5 Å². The lowest BCUT2D eigenvalue weighted by Gasteiger charge is -2.13. The van der Waals surface area contributed by atoms with Crippen molar-refractivity contribution in [2.24, 2.45) is 0 Å². The molecule has 0 aliphatic rings. The minimum Gasteiger partial charge on any atom is -0.358 e. The van der Waals surface area contributed by atoms with Gasteiger partial charge in [0.15, 0.2) is 10.1 Å². The fourth-order valence-electron chi connectivity index (χ4n) is 2.02. The highest BCUT2D eigenvalue weighted by molar-refractivity contribution is 7.19. The van der Waals surface area contributed by atoms with Crippen molar-refractivity contribution in [3.63, 3.8) is 0 Å². The van der Waals surface area contributed by atoms with Crippen LogP contribution in [0.3, 0.4) is 0 Å². The normalized spacial score (nSPS) is 10.9. The minimum absolute atomic E-state index is 0.250. The van der Waals surface area contributed by atoms with E-state index in [2.05, 4.69) is 20.5 Å². The van der Waals surface area contributed by atoms with Crippen molar-refractivity contribution in [3.8, 4) is 10.7 Å². The average Bonchev–Trinajstić information content (AvgIpc) is 3.23. The lowest BCUT2D eigenvalue weighted by Crippen LogP contribution is -2.26. The van der Waals surface area contributed by atoms with Gasteiger partial charge in [0.05, 0.1) is 0 Å². The molecule has 130 valence electrons. The highest BCUT2D eigenvalue weighted by Gasteiger charge is 2.18. The Balaban J connectivity index is 1.77. The number of nitrogens with one attached hydrogen (secondary N) is 1. The van der Waals surface area contributed by atoms with E-state index in [1.54, 1.807) is 7.05 Å². The van der Waals surface area contributed by atoms with Gasteiger partial charge in [-0.15, -0.1) is 21.5 Å². The van der Waals surface area contributed by atoms with Crippen molar-refractivity contribution in [2.75, 3.05) is 17.3 Å². The molecule has 3 aromatic rings. The Morgan fingerprint density at radius 1 is 1.24 bits per heavy atom. The summed E-state index contributed by atoms with van der Waals surface area (Å²) in [6.45, 7) is 4.05. The molecule has 3 rings (SSSR count). The summed E-state index contributed by atoms with van der Waals surface area (Å²) in [5, 5.41) is 15.2. The Bertz CT molecular complexity index is 875. The number of carbonyl (C=O) groups excluding carboxylic acids is 1. The first kappa shape index (κ1) is 17.4. The zero-order valence-electron chi connectivity index (χ0n) is 13.9. The van der Waals surface area contributed by atoms with E-state index in [9.17, 15) is 9.18 Å². The van der Waals surface area contributed by atoms with Crippen molar-refractivity contribution in [3.05, 3.63) is 41.0 Å². The third-order valence-corrected chi connectivity index (χ3v) is 5.03. The maximum atomic E-state index is 13.0. The second kappa shape index (κ2) is 7.24. The maximum Gasteiger partial charge on any atom is 0.259 e. The fraction of sp³-hybridized carbons (Fsp3) is 0.250. The molecule has 1 aromatic carbocycles. The first-order valence-electron chi connectivity index (χ1n) is 7.53. The van der Waals surface area contributed by atoms with Crippen molar-refractivity contribution in [2.45, 2.75) is 19.9 Å². The van der Waals surface area contributed by atoms with E-state index in [4.69, 9.17) is 0 Å². The largest absolute Gasteiger partial charge is 0.358 e. The molecular weight excluding hydrogens is 361 g/mol. The Morgan fingerprint density at radius 3 is 2.64 bits per heavy atom.